The van der Waals surface area contributed by atoms with Crippen LogP contribution in [-0.2, 0) is 0 Å². The summed E-state index contributed by atoms with van der Waals surface area (Å²) >= 11 is 0. The molecule has 1 N–H and O–H groups in total. The van der Waals surface area contributed by atoms with Crippen LogP contribution < -0.4 is 0 Å². The van der Waals surface area contributed by atoms with Crippen LogP contribution in [0.2, 0.25) is 0 Å². The summed E-state index contributed by atoms with van der Waals surface area (Å²) in [5.74, 6) is 0.285. The number of hydrogen-bond acceptors (Lipinski definition) is 3. The summed E-state index contributed by atoms with van der Waals surface area (Å²) in [6.45, 7) is 3.80. The fourth-order valence-electron chi connectivity index (χ4n) is 2.35. The highest BCUT2D eigenvalue weighted by Gasteiger charge is 2.11. The maximum Gasteiger partial charge on any atom is 0.335 e. The Bertz CT molecular complexity index is 905. The molecule has 0 saturated carbocycles. The van der Waals surface area contributed by atoms with Gasteiger partial charge in [-0.15, -0.1) is 0 Å². The molecule has 0 aliphatic carbocycles. The number of carboxylic acid groups (broad SMARTS) is 1. The Kier molecular flexibility index (Phi) is 4.29. The van der Waals surface area contributed by atoms with E-state index in [-0.39, 0.29) is 5.56 Å². The second kappa shape index (κ2) is 6.54. The van der Waals surface area contributed by atoms with Gasteiger partial charge in [0.2, 0.25) is 0 Å². The van der Waals surface area contributed by atoms with Crippen LogP contribution in [0, 0.1) is 13.8 Å². The van der Waals surface area contributed by atoms with E-state index in [9.17, 15) is 9.90 Å². The molecule has 24 heavy (non-hydrogen) atoms. The molecule has 0 radical (unpaired) electrons. The van der Waals surface area contributed by atoms with E-state index in [1.807, 2.05) is 49.4 Å². The molecule has 3 aromatic rings. The lowest BCUT2D eigenvalue weighted by atomic mass is 10.0. The summed E-state index contributed by atoms with van der Waals surface area (Å²) in [4.78, 5) is 15.6. The molecule has 4 nitrogen and oxygen atoms in total. The minimum atomic E-state index is -0.943. The molecule has 1 heterocycles. The molecule has 120 valence electrons. The SMILES string of the molecule is Cc1ccc(N=Cc2ccc(-c3ccc(C)c(C(=O)O)c3)o2)cc1. The molecule has 0 aliphatic rings. The van der Waals surface area contributed by atoms with E-state index in [0.29, 0.717) is 11.5 Å². The molecule has 0 amide bonds. The summed E-state index contributed by atoms with van der Waals surface area (Å²) in [5, 5.41) is 9.22. The molecule has 3 rings (SSSR count). The van der Waals surface area contributed by atoms with Crippen molar-refractivity contribution in [1.82, 2.24) is 0 Å². The van der Waals surface area contributed by atoms with Crippen LogP contribution in [0.25, 0.3) is 11.3 Å². The monoisotopic (exact) mass is 319 g/mol. The molecule has 4 heteroatoms. The third kappa shape index (κ3) is 3.43. The van der Waals surface area contributed by atoms with Crippen molar-refractivity contribution >= 4 is 17.9 Å². The van der Waals surface area contributed by atoms with Crippen LogP contribution >= 0.6 is 0 Å². The first-order valence-corrected chi connectivity index (χ1v) is 7.58. The predicted octanol–water partition coefficient (Wildman–Crippen LogP) is 5.01. The first-order chi connectivity index (χ1) is 11.5. The summed E-state index contributed by atoms with van der Waals surface area (Å²) in [5.41, 5.74) is 3.76. The van der Waals surface area contributed by atoms with Gasteiger partial charge in [-0.1, -0.05) is 29.8 Å². The van der Waals surface area contributed by atoms with Gasteiger partial charge in [0.15, 0.2) is 0 Å². The van der Waals surface area contributed by atoms with Gasteiger partial charge >= 0.3 is 5.97 Å². The van der Waals surface area contributed by atoms with Gasteiger partial charge in [0.1, 0.15) is 11.5 Å². The van der Waals surface area contributed by atoms with E-state index in [4.69, 9.17) is 4.42 Å². The quantitative estimate of drug-likeness (QED) is 0.687. The Balaban J connectivity index is 1.84. The number of carboxylic acids is 1. The van der Waals surface area contributed by atoms with E-state index in [1.54, 1.807) is 25.3 Å². The largest absolute Gasteiger partial charge is 0.478 e. The molecule has 0 fully saturated rings. The van der Waals surface area contributed by atoms with Crippen molar-refractivity contribution < 1.29 is 14.3 Å². The fourth-order valence-corrected chi connectivity index (χ4v) is 2.35. The van der Waals surface area contributed by atoms with Gasteiger partial charge in [0, 0.05) is 5.56 Å². The van der Waals surface area contributed by atoms with E-state index >= 15 is 0 Å². The first kappa shape index (κ1) is 15.7. The highest BCUT2D eigenvalue weighted by atomic mass is 16.4. The van der Waals surface area contributed by atoms with E-state index in [0.717, 1.165) is 16.8 Å². The zero-order valence-electron chi connectivity index (χ0n) is 13.5. The number of carbonyl (C=O) groups is 1. The third-order valence-electron chi connectivity index (χ3n) is 3.75. The minimum Gasteiger partial charge on any atom is -0.478 e. The second-order valence-corrected chi connectivity index (χ2v) is 5.63. The molecule has 0 atom stereocenters. The first-order valence-electron chi connectivity index (χ1n) is 7.58. The van der Waals surface area contributed by atoms with Gasteiger partial charge in [-0.3, -0.25) is 4.99 Å². The lowest BCUT2D eigenvalue weighted by molar-refractivity contribution is 0.0696. The van der Waals surface area contributed by atoms with Gasteiger partial charge < -0.3 is 9.52 Å². The zero-order valence-corrected chi connectivity index (χ0v) is 13.5. The van der Waals surface area contributed by atoms with Crippen molar-refractivity contribution in [3.05, 3.63) is 77.0 Å². The summed E-state index contributed by atoms with van der Waals surface area (Å²) in [6.07, 6.45) is 1.65. The normalized spacial score (nSPS) is 11.1. The minimum absolute atomic E-state index is 0.277. The topological polar surface area (TPSA) is 62.8 Å². The highest BCUT2D eigenvalue weighted by molar-refractivity contribution is 5.91. The molecule has 0 bridgehead atoms. The van der Waals surface area contributed by atoms with Crippen LogP contribution in [0.1, 0.15) is 27.2 Å². The van der Waals surface area contributed by atoms with Gasteiger partial charge in [-0.05, 0) is 49.7 Å². The number of nitrogens with zero attached hydrogens (tertiary/aromatic N) is 1. The number of benzene rings is 2. The molecule has 1 aromatic heterocycles. The second-order valence-electron chi connectivity index (χ2n) is 5.63. The van der Waals surface area contributed by atoms with Crippen molar-refractivity contribution in [1.29, 1.82) is 0 Å². The Hall–Kier alpha value is -3.14. The predicted molar refractivity (Wildman–Crippen MR) is 94.3 cm³/mol. The smallest absolute Gasteiger partial charge is 0.335 e. The molecule has 2 aromatic carbocycles. The summed E-state index contributed by atoms with van der Waals surface area (Å²) in [7, 11) is 0. The summed E-state index contributed by atoms with van der Waals surface area (Å²) in [6, 6.07) is 16.8. The fraction of sp³-hybridized carbons (Fsp3) is 0.100. The van der Waals surface area contributed by atoms with Gasteiger partial charge in [0.25, 0.3) is 0 Å². The van der Waals surface area contributed by atoms with E-state index in [2.05, 4.69) is 4.99 Å². The number of aryl methyl sites for hydroxylation is 2. The van der Waals surface area contributed by atoms with Crippen LogP contribution in [-0.4, -0.2) is 17.3 Å². The van der Waals surface area contributed by atoms with Crippen molar-refractivity contribution in [2.75, 3.05) is 0 Å². The Morgan fingerprint density at radius 1 is 1.04 bits per heavy atom. The van der Waals surface area contributed by atoms with E-state index < -0.39 is 5.97 Å². The van der Waals surface area contributed by atoms with Crippen molar-refractivity contribution in [2.24, 2.45) is 4.99 Å². The molecule has 0 spiro atoms. The van der Waals surface area contributed by atoms with Gasteiger partial charge in [-0.2, -0.15) is 0 Å². The Morgan fingerprint density at radius 2 is 1.79 bits per heavy atom. The molecular formula is C20H17NO3. The average molecular weight is 319 g/mol. The summed E-state index contributed by atoms with van der Waals surface area (Å²) < 4.78 is 5.75. The number of aromatic carboxylic acids is 1. The number of furan rings is 1. The lowest BCUT2D eigenvalue weighted by Gasteiger charge is -2.03. The van der Waals surface area contributed by atoms with Gasteiger partial charge in [-0.25, -0.2) is 4.79 Å². The Labute approximate surface area is 140 Å². The maximum atomic E-state index is 11.2. The van der Waals surface area contributed by atoms with Gasteiger partial charge in [0.05, 0.1) is 17.5 Å². The molecule has 0 unspecified atom stereocenters. The van der Waals surface area contributed by atoms with Crippen LogP contribution in [0.15, 0.2) is 64.0 Å². The zero-order chi connectivity index (χ0) is 17.1. The van der Waals surface area contributed by atoms with Crippen LogP contribution in [0.4, 0.5) is 5.69 Å². The maximum absolute atomic E-state index is 11.2. The lowest BCUT2D eigenvalue weighted by Crippen LogP contribution is -1.99. The standard InChI is InChI=1S/C20H17NO3/c1-13-3-7-16(8-4-13)21-12-17-9-10-19(24-17)15-6-5-14(2)18(11-15)20(22)23/h3-12H,1-2H3,(H,22,23). The Morgan fingerprint density at radius 3 is 2.50 bits per heavy atom. The molecule has 0 saturated heterocycles. The van der Waals surface area contributed by atoms with Crippen molar-refractivity contribution in [2.45, 2.75) is 13.8 Å². The number of hydrogen-bond donors (Lipinski definition) is 1. The van der Waals surface area contributed by atoms with Crippen LogP contribution in [0.5, 0.6) is 0 Å². The van der Waals surface area contributed by atoms with Crippen molar-refractivity contribution in [3.63, 3.8) is 0 Å². The molecular weight excluding hydrogens is 302 g/mol. The average Bonchev–Trinajstić information content (AvgIpc) is 3.03. The number of rotatable bonds is 4. The molecule has 0 aliphatic heterocycles. The van der Waals surface area contributed by atoms with Crippen LogP contribution in [0.3, 0.4) is 0 Å². The van der Waals surface area contributed by atoms with Crippen molar-refractivity contribution in [3.8, 4) is 11.3 Å². The number of aliphatic imine (C=N–C) groups is 1. The highest BCUT2D eigenvalue weighted by Crippen LogP contribution is 2.24. The third-order valence-corrected chi connectivity index (χ3v) is 3.75. The van der Waals surface area contributed by atoms with E-state index in [1.165, 1.54) is 5.56 Å².